The maximum Gasteiger partial charge on any atom is 0.253 e. The number of thiazole rings is 1. The highest BCUT2D eigenvalue weighted by atomic mass is 32.1. The molecule has 3 aromatic heterocycles. The van der Waals surface area contributed by atoms with Crippen LogP contribution in [-0.4, -0.2) is 43.2 Å². The maximum atomic E-state index is 12.9. The van der Waals surface area contributed by atoms with E-state index in [4.69, 9.17) is 4.98 Å². The van der Waals surface area contributed by atoms with Gasteiger partial charge in [-0.2, -0.15) is 15.1 Å². The van der Waals surface area contributed by atoms with Crippen molar-refractivity contribution in [3.8, 4) is 5.95 Å². The van der Waals surface area contributed by atoms with Gasteiger partial charge in [0.15, 0.2) is 10.8 Å². The van der Waals surface area contributed by atoms with Gasteiger partial charge in [0.25, 0.3) is 5.95 Å². The monoisotopic (exact) mass is 447 g/mol. The molecule has 0 saturated carbocycles. The summed E-state index contributed by atoms with van der Waals surface area (Å²) in [5.41, 5.74) is 4.50. The summed E-state index contributed by atoms with van der Waals surface area (Å²) in [5, 5.41) is 8.40. The van der Waals surface area contributed by atoms with Crippen molar-refractivity contribution in [2.45, 2.75) is 46.2 Å². The van der Waals surface area contributed by atoms with Crippen LogP contribution in [0.25, 0.3) is 16.3 Å². The summed E-state index contributed by atoms with van der Waals surface area (Å²) >= 11 is 1.55. The van der Waals surface area contributed by atoms with Crippen LogP contribution in [0.15, 0.2) is 36.4 Å². The second-order valence-electron chi connectivity index (χ2n) is 8.15. The summed E-state index contributed by atoms with van der Waals surface area (Å²) in [6.07, 6.45) is 1.78. The lowest BCUT2D eigenvalue weighted by molar-refractivity contribution is -0.122. The SMILES string of the molecule is Cc1cc(C)n(-c2nc(C)c3sc(N4CCCC4C(=O)NCc4ccccc4)nc3n2)n1. The molecule has 1 aliphatic rings. The van der Waals surface area contributed by atoms with Crippen LogP contribution < -0.4 is 10.2 Å². The van der Waals surface area contributed by atoms with Crippen LogP contribution in [0.1, 0.15) is 35.5 Å². The van der Waals surface area contributed by atoms with E-state index in [1.807, 2.05) is 57.2 Å². The molecule has 1 saturated heterocycles. The zero-order valence-electron chi connectivity index (χ0n) is 18.4. The molecule has 1 unspecified atom stereocenters. The van der Waals surface area contributed by atoms with E-state index < -0.39 is 0 Å². The van der Waals surface area contributed by atoms with E-state index in [9.17, 15) is 4.79 Å². The molecule has 0 spiro atoms. The van der Waals surface area contributed by atoms with Gasteiger partial charge in [-0.05, 0) is 45.2 Å². The standard InChI is InChI=1S/C23H25N7OS/c1-14-12-15(2)30(28-14)22-25-16(3)19-20(26-22)27-23(32-19)29-11-7-10-18(29)21(31)24-13-17-8-5-4-6-9-17/h4-6,8-9,12,18H,7,10-11,13H2,1-3H3,(H,24,31). The van der Waals surface area contributed by atoms with E-state index >= 15 is 0 Å². The van der Waals surface area contributed by atoms with Gasteiger partial charge in [0.05, 0.1) is 16.1 Å². The maximum absolute atomic E-state index is 12.9. The Morgan fingerprint density at radius 3 is 2.72 bits per heavy atom. The fourth-order valence-corrected chi connectivity index (χ4v) is 5.18. The minimum atomic E-state index is -0.219. The quantitative estimate of drug-likeness (QED) is 0.504. The summed E-state index contributed by atoms with van der Waals surface area (Å²) < 4.78 is 2.69. The first-order valence-electron chi connectivity index (χ1n) is 10.8. The van der Waals surface area contributed by atoms with E-state index in [0.29, 0.717) is 18.1 Å². The molecule has 5 rings (SSSR count). The number of nitrogens with one attached hydrogen (secondary N) is 1. The lowest BCUT2D eigenvalue weighted by atomic mass is 10.2. The Morgan fingerprint density at radius 2 is 1.97 bits per heavy atom. The van der Waals surface area contributed by atoms with Gasteiger partial charge in [0.2, 0.25) is 5.91 Å². The largest absolute Gasteiger partial charge is 0.350 e. The van der Waals surface area contributed by atoms with Gasteiger partial charge in [0.1, 0.15) is 6.04 Å². The average molecular weight is 448 g/mol. The molecule has 1 fully saturated rings. The van der Waals surface area contributed by atoms with Gasteiger partial charge in [0, 0.05) is 18.8 Å². The van der Waals surface area contributed by atoms with E-state index in [-0.39, 0.29) is 11.9 Å². The van der Waals surface area contributed by atoms with Crippen LogP contribution in [0.3, 0.4) is 0 Å². The molecular formula is C23H25N7OS. The molecule has 4 aromatic rings. The number of rotatable bonds is 5. The van der Waals surface area contributed by atoms with Gasteiger partial charge < -0.3 is 10.2 Å². The Morgan fingerprint density at radius 1 is 1.16 bits per heavy atom. The minimum absolute atomic E-state index is 0.0387. The molecule has 4 heterocycles. The smallest absolute Gasteiger partial charge is 0.253 e. The number of carbonyl (C=O) groups is 1. The molecule has 0 radical (unpaired) electrons. The molecule has 1 aliphatic heterocycles. The van der Waals surface area contributed by atoms with Crippen molar-refractivity contribution >= 4 is 32.7 Å². The fourth-order valence-electron chi connectivity index (χ4n) is 4.15. The van der Waals surface area contributed by atoms with E-state index in [1.54, 1.807) is 16.0 Å². The van der Waals surface area contributed by atoms with Gasteiger partial charge in [-0.3, -0.25) is 4.79 Å². The molecule has 1 amide bonds. The van der Waals surface area contributed by atoms with Gasteiger partial charge in [-0.1, -0.05) is 41.7 Å². The lowest BCUT2D eigenvalue weighted by Gasteiger charge is -2.23. The summed E-state index contributed by atoms with van der Waals surface area (Å²) in [7, 11) is 0. The third-order valence-corrected chi connectivity index (χ3v) is 6.90. The first-order valence-corrected chi connectivity index (χ1v) is 11.6. The molecule has 0 bridgehead atoms. The number of fused-ring (bicyclic) bond motifs is 1. The van der Waals surface area contributed by atoms with Crippen LogP contribution in [0.5, 0.6) is 0 Å². The highest BCUT2D eigenvalue weighted by Gasteiger charge is 2.33. The highest BCUT2D eigenvalue weighted by molar-refractivity contribution is 7.22. The Hall–Kier alpha value is -3.33. The number of anilines is 1. The fraction of sp³-hybridized carbons (Fsp3) is 0.348. The van der Waals surface area contributed by atoms with Crippen molar-refractivity contribution < 1.29 is 4.79 Å². The second kappa shape index (κ2) is 8.31. The molecule has 32 heavy (non-hydrogen) atoms. The number of hydrogen-bond donors (Lipinski definition) is 1. The number of aromatic nitrogens is 5. The van der Waals surface area contributed by atoms with Crippen molar-refractivity contribution in [1.29, 1.82) is 0 Å². The van der Waals surface area contributed by atoms with Crippen LogP contribution in [0.4, 0.5) is 5.13 Å². The Bertz CT molecular complexity index is 1280. The van der Waals surface area contributed by atoms with Gasteiger partial charge >= 0.3 is 0 Å². The van der Waals surface area contributed by atoms with E-state index in [1.165, 1.54) is 0 Å². The lowest BCUT2D eigenvalue weighted by Crippen LogP contribution is -2.43. The van der Waals surface area contributed by atoms with Crippen LogP contribution in [0.2, 0.25) is 0 Å². The second-order valence-corrected chi connectivity index (χ2v) is 9.13. The first-order chi connectivity index (χ1) is 15.5. The van der Waals surface area contributed by atoms with E-state index in [0.717, 1.165) is 51.9 Å². The van der Waals surface area contributed by atoms with Crippen molar-refractivity contribution in [1.82, 2.24) is 30.0 Å². The van der Waals surface area contributed by atoms with Gasteiger partial charge in [-0.15, -0.1) is 0 Å². The highest BCUT2D eigenvalue weighted by Crippen LogP contribution is 2.34. The Labute approximate surface area is 190 Å². The molecule has 0 aliphatic carbocycles. The third kappa shape index (κ3) is 3.84. The zero-order valence-corrected chi connectivity index (χ0v) is 19.2. The predicted molar refractivity (Wildman–Crippen MR) is 125 cm³/mol. The number of carbonyl (C=O) groups excluding carboxylic acids is 1. The molecule has 9 heteroatoms. The van der Waals surface area contributed by atoms with Gasteiger partial charge in [-0.25, -0.2) is 9.67 Å². The molecule has 164 valence electrons. The van der Waals surface area contributed by atoms with Crippen molar-refractivity contribution in [3.63, 3.8) is 0 Å². The Balaban J connectivity index is 1.40. The number of hydrogen-bond acceptors (Lipinski definition) is 7. The Kier molecular flexibility index (Phi) is 5.34. The molecule has 8 nitrogen and oxygen atoms in total. The van der Waals surface area contributed by atoms with E-state index in [2.05, 4.69) is 25.3 Å². The molecule has 1 atom stereocenters. The van der Waals surface area contributed by atoms with Crippen molar-refractivity contribution in [2.75, 3.05) is 11.4 Å². The minimum Gasteiger partial charge on any atom is -0.350 e. The zero-order chi connectivity index (χ0) is 22.2. The van der Waals surface area contributed by atoms with Crippen LogP contribution in [0, 0.1) is 20.8 Å². The third-order valence-electron chi connectivity index (χ3n) is 5.71. The van der Waals surface area contributed by atoms with Crippen molar-refractivity contribution in [3.05, 3.63) is 59.0 Å². The summed E-state index contributed by atoms with van der Waals surface area (Å²) in [5.74, 6) is 0.563. The molecule has 1 aromatic carbocycles. The van der Waals surface area contributed by atoms with Crippen LogP contribution >= 0.6 is 11.3 Å². The number of amides is 1. The normalized spacial score (nSPS) is 16.1. The van der Waals surface area contributed by atoms with Crippen molar-refractivity contribution in [2.24, 2.45) is 0 Å². The number of nitrogens with zero attached hydrogens (tertiary/aromatic N) is 6. The topological polar surface area (TPSA) is 88.8 Å². The predicted octanol–water partition coefficient (Wildman–Crippen LogP) is 3.48. The molecular weight excluding hydrogens is 422 g/mol. The summed E-state index contributed by atoms with van der Waals surface area (Å²) in [6, 6.07) is 11.7. The molecule has 1 N–H and O–H groups in total. The summed E-state index contributed by atoms with van der Waals surface area (Å²) in [6.45, 7) is 7.24. The average Bonchev–Trinajstić information content (AvgIpc) is 3.50. The first kappa shape index (κ1) is 20.6. The number of aryl methyl sites for hydroxylation is 3. The summed E-state index contributed by atoms with van der Waals surface area (Å²) in [4.78, 5) is 29.2. The van der Waals surface area contributed by atoms with Crippen LogP contribution in [-0.2, 0) is 11.3 Å². The number of benzene rings is 1.